The number of hydrogen-bond acceptors (Lipinski definition) is 4. The fourth-order valence-electron chi connectivity index (χ4n) is 2.55. The Morgan fingerprint density at radius 3 is 2.59 bits per heavy atom. The van der Waals surface area contributed by atoms with Crippen molar-refractivity contribution in [3.05, 3.63) is 77.1 Å². The number of ether oxygens (including phenoxy) is 1. The standard InChI is InChI=1S/C21H19ClN4O2S/c1-13-10-16(28-17-8-9-24-19(12-17)20(27)23-2)6-7-18(13)26-21(29)25-15-5-3-4-14(22)11-15/h3-12H,1-2H3,(H,23,27)(H2,25,26,29). The Labute approximate surface area is 179 Å². The molecule has 0 saturated carbocycles. The average molecular weight is 427 g/mol. The predicted octanol–water partition coefficient (Wildman–Crippen LogP) is 5.00. The van der Waals surface area contributed by atoms with E-state index >= 15 is 0 Å². The van der Waals surface area contributed by atoms with E-state index in [9.17, 15) is 4.79 Å². The van der Waals surface area contributed by atoms with Crippen molar-refractivity contribution in [2.75, 3.05) is 17.7 Å². The highest BCUT2D eigenvalue weighted by Crippen LogP contribution is 2.26. The molecule has 1 heterocycles. The molecule has 3 aromatic rings. The van der Waals surface area contributed by atoms with Crippen LogP contribution in [-0.2, 0) is 0 Å². The second-order valence-electron chi connectivity index (χ2n) is 6.12. The molecule has 0 radical (unpaired) electrons. The Morgan fingerprint density at radius 2 is 1.86 bits per heavy atom. The van der Waals surface area contributed by atoms with Gasteiger partial charge in [-0.1, -0.05) is 17.7 Å². The fraction of sp³-hybridized carbons (Fsp3) is 0.0952. The van der Waals surface area contributed by atoms with Gasteiger partial charge in [-0.2, -0.15) is 0 Å². The van der Waals surface area contributed by atoms with Crippen LogP contribution in [0.5, 0.6) is 11.5 Å². The van der Waals surface area contributed by atoms with Crippen LogP contribution in [0.1, 0.15) is 16.1 Å². The Bertz CT molecular complexity index is 1060. The quantitative estimate of drug-likeness (QED) is 0.498. The zero-order chi connectivity index (χ0) is 20.8. The summed E-state index contributed by atoms with van der Waals surface area (Å²) in [5.41, 5.74) is 2.88. The summed E-state index contributed by atoms with van der Waals surface area (Å²) in [6.45, 7) is 1.94. The Morgan fingerprint density at radius 1 is 1.07 bits per heavy atom. The first-order valence-electron chi connectivity index (χ1n) is 8.75. The third-order valence-corrected chi connectivity index (χ3v) is 4.39. The lowest BCUT2D eigenvalue weighted by molar-refractivity contribution is 0.0958. The van der Waals surface area contributed by atoms with E-state index in [1.165, 1.54) is 6.20 Å². The van der Waals surface area contributed by atoms with Crippen molar-refractivity contribution in [1.29, 1.82) is 0 Å². The minimum Gasteiger partial charge on any atom is -0.457 e. The summed E-state index contributed by atoms with van der Waals surface area (Å²) in [5, 5.41) is 9.87. The lowest BCUT2D eigenvalue weighted by atomic mass is 10.2. The van der Waals surface area contributed by atoms with Gasteiger partial charge < -0.3 is 20.7 Å². The van der Waals surface area contributed by atoms with Crippen LogP contribution in [0.3, 0.4) is 0 Å². The minimum absolute atomic E-state index is 0.271. The van der Waals surface area contributed by atoms with Gasteiger partial charge in [0.15, 0.2) is 5.11 Å². The van der Waals surface area contributed by atoms with Gasteiger partial charge in [-0.3, -0.25) is 9.78 Å². The number of anilines is 2. The average Bonchev–Trinajstić information content (AvgIpc) is 2.69. The topological polar surface area (TPSA) is 75.3 Å². The van der Waals surface area contributed by atoms with Gasteiger partial charge in [0.25, 0.3) is 5.91 Å². The molecule has 2 aromatic carbocycles. The van der Waals surface area contributed by atoms with Crippen LogP contribution < -0.4 is 20.7 Å². The molecular weight excluding hydrogens is 408 g/mol. The van der Waals surface area contributed by atoms with E-state index in [2.05, 4.69) is 20.9 Å². The molecule has 0 aliphatic heterocycles. The molecule has 0 unspecified atom stereocenters. The number of carbonyl (C=O) groups is 1. The second kappa shape index (κ2) is 9.36. The van der Waals surface area contributed by atoms with Crippen molar-refractivity contribution >= 4 is 46.2 Å². The summed E-state index contributed by atoms with van der Waals surface area (Å²) < 4.78 is 5.85. The van der Waals surface area contributed by atoms with Gasteiger partial charge in [0.2, 0.25) is 0 Å². The number of aryl methyl sites for hydroxylation is 1. The van der Waals surface area contributed by atoms with Crippen LogP contribution in [0.15, 0.2) is 60.8 Å². The monoisotopic (exact) mass is 426 g/mol. The molecule has 0 bridgehead atoms. The number of nitrogens with zero attached hydrogens (tertiary/aromatic N) is 1. The van der Waals surface area contributed by atoms with E-state index in [0.29, 0.717) is 21.6 Å². The molecule has 0 fully saturated rings. The van der Waals surface area contributed by atoms with E-state index in [-0.39, 0.29) is 11.6 Å². The van der Waals surface area contributed by atoms with Crippen LogP contribution in [0.25, 0.3) is 0 Å². The number of benzene rings is 2. The van der Waals surface area contributed by atoms with Crippen LogP contribution >= 0.6 is 23.8 Å². The number of thiocarbonyl (C=S) groups is 1. The fourth-order valence-corrected chi connectivity index (χ4v) is 2.97. The molecule has 0 saturated heterocycles. The summed E-state index contributed by atoms with van der Waals surface area (Å²) in [6.07, 6.45) is 1.53. The van der Waals surface area contributed by atoms with Crippen LogP contribution in [0.4, 0.5) is 11.4 Å². The van der Waals surface area contributed by atoms with Crippen LogP contribution in [-0.4, -0.2) is 23.1 Å². The number of aromatic nitrogens is 1. The first-order valence-corrected chi connectivity index (χ1v) is 9.53. The molecule has 8 heteroatoms. The zero-order valence-electron chi connectivity index (χ0n) is 15.8. The van der Waals surface area contributed by atoms with Crippen molar-refractivity contribution < 1.29 is 9.53 Å². The number of carbonyl (C=O) groups excluding carboxylic acids is 1. The molecule has 29 heavy (non-hydrogen) atoms. The molecule has 6 nitrogen and oxygen atoms in total. The summed E-state index contributed by atoms with van der Waals surface area (Å²) in [6, 6.07) is 16.2. The van der Waals surface area contributed by atoms with Crippen LogP contribution in [0.2, 0.25) is 5.02 Å². The molecule has 0 aliphatic carbocycles. The Balaban J connectivity index is 1.67. The first-order chi connectivity index (χ1) is 13.9. The number of pyridine rings is 1. The largest absolute Gasteiger partial charge is 0.457 e. The smallest absolute Gasteiger partial charge is 0.269 e. The summed E-state index contributed by atoms with van der Waals surface area (Å²) in [5.74, 6) is 0.888. The highest BCUT2D eigenvalue weighted by Gasteiger charge is 2.08. The maximum Gasteiger partial charge on any atom is 0.269 e. The van der Waals surface area contributed by atoms with Gasteiger partial charge in [-0.25, -0.2) is 0 Å². The van der Waals surface area contributed by atoms with E-state index in [1.807, 2.05) is 37.3 Å². The highest BCUT2D eigenvalue weighted by atomic mass is 35.5. The van der Waals surface area contributed by atoms with E-state index < -0.39 is 0 Å². The van der Waals surface area contributed by atoms with Gasteiger partial charge >= 0.3 is 0 Å². The molecule has 3 N–H and O–H groups in total. The van der Waals surface area contributed by atoms with Crippen molar-refractivity contribution in [1.82, 2.24) is 10.3 Å². The van der Waals surface area contributed by atoms with Crippen LogP contribution in [0, 0.1) is 6.92 Å². The Kier molecular flexibility index (Phi) is 6.64. The van der Waals surface area contributed by atoms with E-state index in [0.717, 1.165) is 16.9 Å². The van der Waals surface area contributed by atoms with E-state index in [4.69, 9.17) is 28.6 Å². The molecule has 1 aromatic heterocycles. The molecule has 1 amide bonds. The maximum atomic E-state index is 11.7. The number of rotatable bonds is 5. The number of halogens is 1. The van der Waals surface area contributed by atoms with Gasteiger partial charge in [-0.05, 0) is 67.2 Å². The number of amides is 1. The molecule has 148 valence electrons. The van der Waals surface area contributed by atoms with Gasteiger partial charge in [0, 0.05) is 35.7 Å². The molecule has 0 aliphatic rings. The zero-order valence-corrected chi connectivity index (χ0v) is 17.4. The third-order valence-electron chi connectivity index (χ3n) is 3.96. The molecule has 0 atom stereocenters. The lowest BCUT2D eigenvalue weighted by Crippen LogP contribution is -2.19. The van der Waals surface area contributed by atoms with Crippen molar-refractivity contribution in [2.24, 2.45) is 0 Å². The van der Waals surface area contributed by atoms with Gasteiger partial charge in [0.1, 0.15) is 17.2 Å². The van der Waals surface area contributed by atoms with Crippen molar-refractivity contribution in [3.63, 3.8) is 0 Å². The SMILES string of the molecule is CNC(=O)c1cc(Oc2ccc(NC(=S)Nc3cccc(Cl)c3)c(C)c2)ccn1. The summed E-state index contributed by atoms with van der Waals surface area (Å²) >= 11 is 11.4. The van der Waals surface area contributed by atoms with Gasteiger partial charge in [-0.15, -0.1) is 0 Å². The third kappa shape index (κ3) is 5.66. The number of nitrogens with one attached hydrogen (secondary N) is 3. The highest BCUT2D eigenvalue weighted by molar-refractivity contribution is 7.80. The number of hydrogen-bond donors (Lipinski definition) is 3. The minimum atomic E-state index is -0.271. The maximum absolute atomic E-state index is 11.7. The molecular formula is C21H19ClN4O2S. The van der Waals surface area contributed by atoms with Crippen molar-refractivity contribution in [3.8, 4) is 11.5 Å². The van der Waals surface area contributed by atoms with E-state index in [1.54, 1.807) is 31.3 Å². The summed E-state index contributed by atoms with van der Waals surface area (Å²) in [7, 11) is 1.55. The normalized spacial score (nSPS) is 10.2. The lowest BCUT2D eigenvalue weighted by Gasteiger charge is -2.14. The summed E-state index contributed by atoms with van der Waals surface area (Å²) in [4.78, 5) is 15.7. The Hall–Kier alpha value is -3.16. The predicted molar refractivity (Wildman–Crippen MR) is 120 cm³/mol. The molecule has 0 spiro atoms. The molecule has 3 rings (SSSR count). The first kappa shape index (κ1) is 20.6. The second-order valence-corrected chi connectivity index (χ2v) is 6.97. The van der Waals surface area contributed by atoms with Crippen molar-refractivity contribution in [2.45, 2.75) is 6.92 Å². The van der Waals surface area contributed by atoms with Gasteiger partial charge in [0.05, 0.1) is 0 Å².